The number of benzene rings is 2. The Morgan fingerprint density at radius 3 is 1.95 bits per heavy atom. The molecule has 3 aromatic rings. The van der Waals surface area contributed by atoms with Gasteiger partial charge in [-0.25, -0.2) is 15.1 Å². The Labute approximate surface area is 122 Å². The fraction of sp³-hybridized carbons (Fsp3) is 0. The molecule has 0 fully saturated rings. The number of H-pyrrole nitrogens is 1. The van der Waals surface area contributed by atoms with Gasteiger partial charge in [0, 0.05) is 12.4 Å². The maximum atomic E-state index is 4.22. The predicted molar refractivity (Wildman–Crippen MR) is 83.8 cm³/mol. The van der Waals surface area contributed by atoms with E-state index in [-0.39, 0.29) is 0 Å². The summed E-state index contributed by atoms with van der Waals surface area (Å²) in [5, 5.41) is 6.74. The second kappa shape index (κ2) is 6.38. The van der Waals surface area contributed by atoms with Crippen LogP contribution in [-0.4, -0.2) is 27.6 Å². The highest BCUT2D eigenvalue weighted by Gasteiger charge is 1.98. The first-order chi connectivity index (χ1) is 10.4. The van der Waals surface area contributed by atoms with E-state index in [1.807, 2.05) is 60.7 Å². The number of hydrogen-bond donors (Lipinski definition) is 1. The number of aromatic nitrogens is 3. The molecule has 1 aromatic heterocycles. The van der Waals surface area contributed by atoms with Crippen LogP contribution in [0.1, 0.15) is 11.1 Å². The lowest BCUT2D eigenvalue weighted by Crippen LogP contribution is -1.79. The van der Waals surface area contributed by atoms with Crippen LogP contribution in [0.2, 0.25) is 0 Å². The first kappa shape index (κ1) is 12.9. The molecule has 0 atom stereocenters. The summed E-state index contributed by atoms with van der Waals surface area (Å²) >= 11 is 0. The first-order valence-corrected chi connectivity index (χ1v) is 6.51. The molecule has 0 unspecified atom stereocenters. The Bertz CT molecular complexity index is 681. The van der Waals surface area contributed by atoms with Crippen LogP contribution in [0, 0.1) is 0 Å². The highest BCUT2D eigenvalue weighted by atomic mass is 15.3. The lowest BCUT2D eigenvalue weighted by atomic mass is 10.2. The molecule has 5 heteroatoms. The molecular formula is C16H13N5. The van der Waals surface area contributed by atoms with Crippen molar-refractivity contribution in [3.05, 3.63) is 71.8 Å². The number of aliphatic imine (C=N–C) groups is 2. The van der Waals surface area contributed by atoms with Crippen LogP contribution in [0.4, 0.5) is 11.9 Å². The Morgan fingerprint density at radius 2 is 1.33 bits per heavy atom. The molecule has 3 rings (SSSR count). The van der Waals surface area contributed by atoms with Crippen molar-refractivity contribution < 1.29 is 0 Å². The van der Waals surface area contributed by atoms with Crippen LogP contribution in [0.15, 0.2) is 70.6 Å². The third-order valence-electron chi connectivity index (χ3n) is 2.73. The number of nitrogens with one attached hydrogen (secondary N) is 1. The van der Waals surface area contributed by atoms with Crippen molar-refractivity contribution in [3.63, 3.8) is 0 Å². The molecule has 0 aliphatic carbocycles. The van der Waals surface area contributed by atoms with Crippen molar-refractivity contribution in [1.82, 2.24) is 15.2 Å². The van der Waals surface area contributed by atoms with E-state index in [4.69, 9.17) is 0 Å². The van der Waals surface area contributed by atoms with Gasteiger partial charge in [-0.1, -0.05) is 60.7 Å². The van der Waals surface area contributed by atoms with Crippen molar-refractivity contribution in [2.24, 2.45) is 9.98 Å². The van der Waals surface area contributed by atoms with Crippen LogP contribution in [0.25, 0.3) is 0 Å². The first-order valence-electron chi connectivity index (χ1n) is 6.51. The lowest BCUT2D eigenvalue weighted by Gasteiger charge is -1.89. The van der Waals surface area contributed by atoms with Gasteiger partial charge in [0.2, 0.25) is 5.95 Å². The van der Waals surface area contributed by atoms with Gasteiger partial charge in [0.25, 0.3) is 5.95 Å². The van der Waals surface area contributed by atoms with Gasteiger partial charge in [0.05, 0.1) is 0 Å². The zero-order valence-corrected chi connectivity index (χ0v) is 11.2. The normalized spacial score (nSPS) is 11.4. The standard InChI is InChI=1S/C16H13N5/c1-3-7-13(8-4-1)11-17-15-19-16(21-20-15)18-12-14-9-5-2-6-10-14/h1-12H,(H,19,20,21). The topological polar surface area (TPSA) is 66.3 Å². The predicted octanol–water partition coefficient (Wildman–Crippen LogP) is 3.31. The monoisotopic (exact) mass is 275 g/mol. The van der Waals surface area contributed by atoms with Crippen molar-refractivity contribution >= 4 is 24.3 Å². The summed E-state index contributed by atoms with van der Waals surface area (Å²) in [5.41, 5.74) is 2.00. The van der Waals surface area contributed by atoms with Crippen LogP contribution in [0.3, 0.4) is 0 Å². The second-order valence-corrected chi connectivity index (χ2v) is 4.30. The van der Waals surface area contributed by atoms with Crippen molar-refractivity contribution in [2.45, 2.75) is 0 Å². The molecule has 0 aliphatic rings. The summed E-state index contributed by atoms with van der Waals surface area (Å²) in [5.74, 6) is 0.790. The molecule has 0 amide bonds. The Hall–Kier alpha value is -3.08. The average molecular weight is 275 g/mol. The molecule has 0 spiro atoms. The Morgan fingerprint density at radius 1 is 0.762 bits per heavy atom. The van der Waals surface area contributed by atoms with E-state index < -0.39 is 0 Å². The zero-order valence-electron chi connectivity index (χ0n) is 11.2. The molecule has 1 N–H and O–H groups in total. The van der Waals surface area contributed by atoms with Gasteiger partial charge in [0.15, 0.2) is 0 Å². The molecular weight excluding hydrogens is 262 g/mol. The fourth-order valence-corrected chi connectivity index (χ4v) is 1.71. The number of nitrogens with zero attached hydrogens (tertiary/aromatic N) is 4. The van der Waals surface area contributed by atoms with Crippen LogP contribution in [0.5, 0.6) is 0 Å². The smallest absolute Gasteiger partial charge is 0.241 e. The highest BCUT2D eigenvalue weighted by Crippen LogP contribution is 2.10. The number of rotatable bonds is 4. The van der Waals surface area contributed by atoms with Crippen molar-refractivity contribution in [1.29, 1.82) is 0 Å². The summed E-state index contributed by atoms with van der Waals surface area (Å²) in [6.45, 7) is 0. The molecule has 0 saturated heterocycles. The summed E-state index contributed by atoms with van der Waals surface area (Å²) < 4.78 is 0. The maximum absolute atomic E-state index is 4.22. The summed E-state index contributed by atoms with van der Waals surface area (Å²) in [4.78, 5) is 12.6. The molecule has 0 saturated carbocycles. The summed E-state index contributed by atoms with van der Waals surface area (Å²) in [7, 11) is 0. The summed E-state index contributed by atoms with van der Waals surface area (Å²) in [6, 6.07) is 19.6. The van der Waals surface area contributed by atoms with Crippen LogP contribution < -0.4 is 0 Å². The van der Waals surface area contributed by atoms with E-state index in [2.05, 4.69) is 25.2 Å². The lowest BCUT2D eigenvalue weighted by molar-refractivity contribution is 1.08. The minimum absolute atomic E-state index is 0.360. The molecule has 0 bridgehead atoms. The van der Waals surface area contributed by atoms with Crippen LogP contribution >= 0.6 is 0 Å². The molecule has 2 aromatic carbocycles. The van der Waals surface area contributed by atoms with Crippen molar-refractivity contribution in [3.8, 4) is 0 Å². The SMILES string of the molecule is C(=Nc1n[nH]c(N=Cc2ccccc2)n1)c1ccccc1. The third-order valence-corrected chi connectivity index (χ3v) is 2.73. The molecule has 0 radical (unpaired) electrons. The molecule has 102 valence electrons. The molecule has 5 nitrogen and oxygen atoms in total. The minimum Gasteiger partial charge on any atom is -0.241 e. The highest BCUT2D eigenvalue weighted by molar-refractivity contribution is 5.82. The van der Waals surface area contributed by atoms with E-state index in [9.17, 15) is 0 Å². The van der Waals surface area contributed by atoms with Crippen molar-refractivity contribution in [2.75, 3.05) is 0 Å². The van der Waals surface area contributed by atoms with Gasteiger partial charge in [-0.15, -0.1) is 5.10 Å². The Kier molecular flexibility index (Phi) is 3.93. The molecule has 21 heavy (non-hydrogen) atoms. The van der Waals surface area contributed by atoms with E-state index in [1.54, 1.807) is 12.4 Å². The number of hydrogen-bond acceptors (Lipinski definition) is 4. The van der Waals surface area contributed by atoms with Gasteiger partial charge < -0.3 is 0 Å². The summed E-state index contributed by atoms with van der Waals surface area (Å²) in [6.07, 6.45) is 3.44. The second-order valence-electron chi connectivity index (χ2n) is 4.30. The van der Waals surface area contributed by atoms with Gasteiger partial charge in [-0.2, -0.15) is 4.98 Å². The zero-order chi connectivity index (χ0) is 14.3. The van der Waals surface area contributed by atoms with E-state index in [0.717, 1.165) is 11.1 Å². The van der Waals surface area contributed by atoms with Gasteiger partial charge >= 0.3 is 0 Å². The largest absolute Gasteiger partial charge is 0.269 e. The minimum atomic E-state index is 0.360. The van der Waals surface area contributed by atoms with Gasteiger partial charge in [-0.3, -0.25) is 0 Å². The number of aromatic amines is 1. The molecule has 1 heterocycles. The Balaban J connectivity index is 1.69. The average Bonchev–Trinajstić information content (AvgIpc) is 3.01. The van der Waals surface area contributed by atoms with E-state index >= 15 is 0 Å². The van der Waals surface area contributed by atoms with E-state index in [0.29, 0.717) is 11.9 Å². The van der Waals surface area contributed by atoms with Gasteiger partial charge in [0.1, 0.15) is 0 Å². The van der Waals surface area contributed by atoms with Crippen LogP contribution in [-0.2, 0) is 0 Å². The maximum Gasteiger partial charge on any atom is 0.269 e. The van der Waals surface area contributed by atoms with Gasteiger partial charge in [-0.05, 0) is 11.1 Å². The quantitative estimate of drug-likeness (QED) is 0.742. The fourth-order valence-electron chi connectivity index (χ4n) is 1.71. The molecule has 0 aliphatic heterocycles. The van der Waals surface area contributed by atoms with E-state index in [1.165, 1.54) is 0 Å². The third kappa shape index (κ3) is 3.70.